The van der Waals surface area contributed by atoms with E-state index in [1.54, 1.807) is 17.8 Å². The van der Waals surface area contributed by atoms with Crippen LogP contribution in [0.2, 0.25) is 0 Å². The van der Waals surface area contributed by atoms with Crippen LogP contribution in [0.5, 0.6) is 11.5 Å². The first-order valence-electron chi connectivity index (χ1n) is 7.01. The number of thioether (sulfide) groups is 1. The molecule has 24 heavy (non-hydrogen) atoms. The number of amides is 1. The number of aryl methyl sites for hydroxylation is 1. The number of halogens is 3. The van der Waals surface area contributed by atoms with E-state index in [0.717, 1.165) is 22.6 Å². The number of alkyl halides is 3. The van der Waals surface area contributed by atoms with Gasteiger partial charge in [0.25, 0.3) is 0 Å². The third kappa shape index (κ3) is 4.67. The fourth-order valence-electron chi connectivity index (χ4n) is 2.18. The van der Waals surface area contributed by atoms with Gasteiger partial charge in [0.15, 0.2) is 0 Å². The van der Waals surface area contributed by atoms with Gasteiger partial charge in [0.2, 0.25) is 5.91 Å². The van der Waals surface area contributed by atoms with Gasteiger partial charge in [-0.2, -0.15) is 13.2 Å². The smallest absolute Gasteiger partial charge is 0.416 e. The minimum atomic E-state index is -4.54. The molecule has 2 N–H and O–H groups in total. The van der Waals surface area contributed by atoms with Crippen molar-refractivity contribution in [2.45, 2.75) is 24.4 Å². The maximum atomic E-state index is 13.0. The van der Waals surface area contributed by atoms with Gasteiger partial charge in [0.1, 0.15) is 11.5 Å². The molecule has 0 fully saturated rings. The summed E-state index contributed by atoms with van der Waals surface area (Å²) in [6.07, 6.45) is -2.90. The SMILES string of the molecule is CSc1ccc(Oc2cc(CC(N)=O)cc(C(F)(F)F)c2)c(C)c1. The Morgan fingerprint density at radius 2 is 1.92 bits per heavy atom. The first-order chi connectivity index (χ1) is 11.2. The molecule has 7 heteroatoms. The highest BCUT2D eigenvalue weighted by molar-refractivity contribution is 7.98. The number of nitrogens with two attached hydrogens (primary N) is 1. The zero-order chi connectivity index (χ0) is 17.9. The second-order valence-corrected chi connectivity index (χ2v) is 6.12. The summed E-state index contributed by atoms with van der Waals surface area (Å²) in [6, 6.07) is 8.62. The van der Waals surface area contributed by atoms with Crippen LogP contribution in [0.25, 0.3) is 0 Å². The van der Waals surface area contributed by atoms with Gasteiger partial charge in [-0.25, -0.2) is 0 Å². The zero-order valence-electron chi connectivity index (χ0n) is 13.1. The average molecular weight is 355 g/mol. The lowest BCUT2D eigenvalue weighted by atomic mass is 10.1. The van der Waals surface area contributed by atoms with Crippen molar-refractivity contribution in [3.63, 3.8) is 0 Å². The van der Waals surface area contributed by atoms with Crippen LogP contribution in [0.3, 0.4) is 0 Å². The highest BCUT2D eigenvalue weighted by Gasteiger charge is 2.31. The van der Waals surface area contributed by atoms with Gasteiger partial charge in [-0.15, -0.1) is 11.8 Å². The molecular weight excluding hydrogens is 339 g/mol. The summed E-state index contributed by atoms with van der Waals surface area (Å²) >= 11 is 1.56. The number of rotatable bonds is 5. The number of ether oxygens (including phenoxy) is 1. The number of carbonyl (C=O) groups excluding carboxylic acids is 1. The largest absolute Gasteiger partial charge is 0.457 e. The maximum Gasteiger partial charge on any atom is 0.416 e. The second kappa shape index (κ2) is 7.17. The minimum absolute atomic E-state index is 0.0149. The number of primary amides is 1. The third-order valence-electron chi connectivity index (χ3n) is 3.28. The standard InChI is InChI=1S/C17H16F3NO2S/c1-10-5-14(24-2)3-4-15(10)23-13-7-11(8-16(21)22)6-12(9-13)17(18,19)20/h3-7,9H,8H2,1-2H3,(H2,21,22). The van der Waals surface area contributed by atoms with Crippen molar-refractivity contribution in [3.05, 3.63) is 53.1 Å². The molecule has 2 aromatic rings. The normalized spacial score (nSPS) is 11.4. The Bertz CT molecular complexity index is 760. The summed E-state index contributed by atoms with van der Waals surface area (Å²) in [4.78, 5) is 12.0. The predicted octanol–water partition coefficient (Wildman–Crippen LogP) is 4.56. The van der Waals surface area contributed by atoms with E-state index in [0.29, 0.717) is 5.75 Å². The Morgan fingerprint density at radius 1 is 1.21 bits per heavy atom. The summed E-state index contributed by atoms with van der Waals surface area (Å²) in [5, 5.41) is 0. The molecule has 0 spiro atoms. The van der Waals surface area contributed by atoms with E-state index in [4.69, 9.17) is 10.5 Å². The molecule has 0 heterocycles. The summed E-state index contributed by atoms with van der Waals surface area (Å²) in [6.45, 7) is 1.81. The predicted molar refractivity (Wildman–Crippen MR) is 87.4 cm³/mol. The highest BCUT2D eigenvalue weighted by Crippen LogP contribution is 2.35. The molecule has 2 aromatic carbocycles. The van der Waals surface area contributed by atoms with Crippen molar-refractivity contribution in [2.75, 3.05) is 6.26 Å². The van der Waals surface area contributed by atoms with Gasteiger partial charge in [-0.05, 0) is 60.7 Å². The molecule has 0 aliphatic carbocycles. The molecule has 0 bridgehead atoms. The summed E-state index contributed by atoms with van der Waals surface area (Å²) < 4.78 is 44.7. The van der Waals surface area contributed by atoms with Crippen molar-refractivity contribution < 1.29 is 22.7 Å². The van der Waals surface area contributed by atoms with Crippen molar-refractivity contribution in [1.29, 1.82) is 0 Å². The van der Waals surface area contributed by atoms with Gasteiger partial charge in [0.05, 0.1) is 12.0 Å². The van der Waals surface area contributed by atoms with Crippen LogP contribution in [-0.2, 0) is 17.4 Å². The van der Waals surface area contributed by atoms with Crippen LogP contribution < -0.4 is 10.5 Å². The van der Waals surface area contributed by atoms with Crippen LogP contribution in [0.1, 0.15) is 16.7 Å². The fourth-order valence-corrected chi connectivity index (χ4v) is 2.68. The third-order valence-corrected chi connectivity index (χ3v) is 4.01. The Hall–Kier alpha value is -2.15. The number of carbonyl (C=O) groups is 1. The molecule has 0 unspecified atom stereocenters. The van der Waals surface area contributed by atoms with E-state index >= 15 is 0 Å². The number of benzene rings is 2. The topological polar surface area (TPSA) is 52.3 Å². The summed E-state index contributed by atoms with van der Waals surface area (Å²) in [5.74, 6) is -0.237. The second-order valence-electron chi connectivity index (χ2n) is 5.24. The molecule has 0 radical (unpaired) electrons. The summed E-state index contributed by atoms with van der Waals surface area (Å²) in [7, 11) is 0. The lowest BCUT2D eigenvalue weighted by Gasteiger charge is -2.14. The van der Waals surface area contributed by atoms with Gasteiger partial charge in [-0.3, -0.25) is 4.79 Å². The lowest BCUT2D eigenvalue weighted by Crippen LogP contribution is -2.14. The molecule has 0 saturated carbocycles. The maximum absolute atomic E-state index is 13.0. The Kier molecular flexibility index (Phi) is 5.43. The van der Waals surface area contributed by atoms with Crippen molar-refractivity contribution in [2.24, 2.45) is 5.73 Å². The lowest BCUT2D eigenvalue weighted by molar-refractivity contribution is -0.137. The Balaban J connectivity index is 2.40. The van der Waals surface area contributed by atoms with E-state index in [9.17, 15) is 18.0 Å². The molecule has 1 amide bonds. The van der Waals surface area contributed by atoms with Gasteiger partial charge in [-0.1, -0.05) is 0 Å². The van der Waals surface area contributed by atoms with E-state index in [1.807, 2.05) is 25.3 Å². The van der Waals surface area contributed by atoms with Crippen LogP contribution in [-0.4, -0.2) is 12.2 Å². The molecule has 0 aliphatic rings. The first-order valence-corrected chi connectivity index (χ1v) is 8.23. The van der Waals surface area contributed by atoms with Gasteiger partial charge < -0.3 is 10.5 Å². The van der Waals surface area contributed by atoms with E-state index < -0.39 is 17.6 Å². The molecule has 0 atom stereocenters. The molecular formula is C17H16F3NO2S. The quantitative estimate of drug-likeness (QED) is 0.800. The van der Waals surface area contributed by atoms with Gasteiger partial charge >= 0.3 is 6.18 Å². The van der Waals surface area contributed by atoms with Crippen LogP contribution in [0, 0.1) is 6.92 Å². The molecule has 2 rings (SSSR count). The molecule has 0 aromatic heterocycles. The summed E-state index contributed by atoms with van der Waals surface area (Å²) in [5.41, 5.74) is 5.16. The van der Waals surface area contributed by atoms with E-state index in [2.05, 4.69) is 0 Å². The average Bonchev–Trinajstić information content (AvgIpc) is 2.47. The van der Waals surface area contributed by atoms with Crippen LogP contribution in [0.15, 0.2) is 41.3 Å². The van der Waals surface area contributed by atoms with Gasteiger partial charge in [0, 0.05) is 4.90 Å². The molecule has 128 valence electrons. The fraction of sp³-hybridized carbons (Fsp3) is 0.235. The first kappa shape index (κ1) is 18.2. The Morgan fingerprint density at radius 3 is 2.46 bits per heavy atom. The minimum Gasteiger partial charge on any atom is -0.457 e. The van der Waals surface area contributed by atoms with E-state index in [1.165, 1.54) is 6.07 Å². The van der Waals surface area contributed by atoms with Crippen molar-refractivity contribution >= 4 is 17.7 Å². The molecule has 0 aliphatic heterocycles. The number of hydrogen-bond acceptors (Lipinski definition) is 3. The monoisotopic (exact) mass is 355 g/mol. The molecule has 3 nitrogen and oxygen atoms in total. The highest BCUT2D eigenvalue weighted by atomic mass is 32.2. The van der Waals surface area contributed by atoms with Crippen LogP contribution >= 0.6 is 11.8 Å². The van der Waals surface area contributed by atoms with Crippen LogP contribution in [0.4, 0.5) is 13.2 Å². The zero-order valence-corrected chi connectivity index (χ0v) is 13.9. The van der Waals surface area contributed by atoms with Crippen molar-refractivity contribution in [3.8, 4) is 11.5 Å². The van der Waals surface area contributed by atoms with E-state index in [-0.39, 0.29) is 17.7 Å². The number of hydrogen-bond donors (Lipinski definition) is 1. The Labute approximate surface area is 142 Å². The molecule has 0 saturated heterocycles. The van der Waals surface area contributed by atoms with Crippen molar-refractivity contribution in [1.82, 2.24) is 0 Å².